The van der Waals surface area contributed by atoms with Gasteiger partial charge in [-0.05, 0) is 42.0 Å². The van der Waals surface area contributed by atoms with Crippen molar-refractivity contribution in [1.29, 1.82) is 0 Å². The van der Waals surface area contributed by atoms with E-state index in [-0.39, 0.29) is 11.8 Å². The molecule has 1 saturated heterocycles. The molecule has 0 saturated carbocycles. The normalized spacial score (nSPS) is 16.0. The second kappa shape index (κ2) is 10.2. The summed E-state index contributed by atoms with van der Waals surface area (Å²) in [6.07, 6.45) is 5.08. The number of hydrogen-bond acceptors (Lipinski definition) is 4. The van der Waals surface area contributed by atoms with Gasteiger partial charge in [-0.3, -0.25) is 9.59 Å². The van der Waals surface area contributed by atoms with E-state index in [9.17, 15) is 9.59 Å². The molecular formula is C25H29N5O2. The van der Waals surface area contributed by atoms with Crippen LogP contribution < -0.4 is 5.32 Å². The summed E-state index contributed by atoms with van der Waals surface area (Å²) in [7, 11) is 0. The molecule has 1 N–H and O–H groups in total. The van der Waals surface area contributed by atoms with Gasteiger partial charge in [-0.25, -0.2) is 0 Å². The van der Waals surface area contributed by atoms with Gasteiger partial charge in [0.2, 0.25) is 11.8 Å². The lowest BCUT2D eigenvalue weighted by Crippen LogP contribution is -2.41. The number of carbonyl (C=O) groups is 2. The second-order valence-electron chi connectivity index (χ2n) is 8.47. The van der Waals surface area contributed by atoms with Gasteiger partial charge in [0, 0.05) is 32.1 Å². The summed E-state index contributed by atoms with van der Waals surface area (Å²) in [6, 6.07) is 17.8. The highest BCUT2D eigenvalue weighted by Crippen LogP contribution is 2.21. The topological polar surface area (TPSA) is 80.1 Å². The highest BCUT2D eigenvalue weighted by molar-refractivity contribution is 5.88. The van der Waals surface area contributed by atoms with E-state index in [0.29, 0.717) is 12.3 Å². The molecule has 1 aromatic heterocycles. The summed E-state index contributed by atoms with van der Waals surface area (Å²) in [6.45, 7) is 3.79. The summed E-state index contributed by atoms with van der Waals surface area (Å²) in [5.41, 5.74) is 2.92. The maximum absolute atomic E-state index is 12.9. The molecule has 166 valence electrons. The molecule has 32 heavy (non-hydrogen) atoms. The fraction of sp³-hybridized carbons (Fsp3) is 0.360. The Morgan fingerprint density at radius 2 is 1.84 bits per heavy atom. The number of amides is 2. The monoisotopic (exact) mass is 431 g/mol. The third-order valence-corrected chi connectivity index (χ3v) is 5.86. The third-order valence-electron chi connectivity index (χ3n) is 5.86. The van der Waals surface area contributed by atoms with Crippen molar-refractivity contribution in [2.45, 2.75) is 39.2 Å². The number of rotatable bonds is 7. The SMILES string of the molecule is CC(=O)Nc1ccc(CC(=O)N2CCCC(Cc3nncn3Cc3ccccc3)C2)cc1. The Morgan fingerprint density at radius 3 is 2.59 bits per heavy atom. The number of hydrogen-bond donors (Lipinski definition) is 1. The van der Waals surface area contributed by atoms with Gasteiger partial charge >= 0.3 is 0 Å². The smallest absolute Gasteiger partial charge is 0.226 e. The lowest BCUT2D eigenvalue weighted by molar-refractivity contribution is -0.132. The minimum atomic E-state index is -0.104. The first kappa shape index (κ1) is 21.7. The molecule has 2 amide bonds. The van der Waals surface area contributed by atoms with Gasteiger partial charge in [0.15, 0.2) is 0 Å². The molecule has 4 rings (SSSR count). The first-order valence-electron chi connectivity index (χ1n) is 11.1. The predicted molar refractivity (Wildman–Crippen MR) is 123 cm³/mol. The van der Waals surface area contributed by atoms with Gasteiger partial charge in [-0.1, -0.05) is 42.5 Å². The summed E-state index contributed by atoms with van der Waals surface area (Å²) in [5, 5.41) is 11.2. The molecule has 3 aromatic rings. The summed E-state index contributed by atoms with van der Waals surface area (Å²) in [4.78, 5) is 26.0. The number of benzene rings is 2. The van der Waals surface area contributed by atoms with Crippen LogP contribution in [0, 0.1) is 5.92 Å². The summed E-state index contributed by atoms with van der Waals surface area (Å²) in [5.74, 6) is 1.40. The minimum absolute atomic E-state index is 0.104. The number of nitrogens with one attached hydrogen (secondary N) is 1. The molecule has 1 fully saturated rings. The summed E-state index contributed by atoms with van der Waals surface area (Å²) >= 11 is 0. The molecular weight excluding hydrogens is 402 g/mol. The Hall–Kier alpha value is -3.48. The Morgan fingerprint density at radius 1 is 1.06 bits per heavy atom. The zero-order chi connectivity index (χ0) is 22.3. The van der Waals surface area contributed by atoms with Crippen molar-refractivity contribution in [3.63, 3.8) is 0 Å². The molecule has 2 aromatic carbocycles. The van der Waals surface area contributed by atoms with Crippen molar-refractivity contribution in [2.24, 2.45) is 5.92 Å². The van der Waals surface area contributed by atoms with Crippen LogP contribution in [0.25, 0.3) is 0 Å². The van der Waals surface area contributed by atoms with Gasteiger partial charge in [0.1, 0.15) is 12.2 Å². The van der Waals surface area contributed by atoms with Crippen LogP contribution in [0.3, 0.4) is 0 Å². The number of piperidine rings is 1. The molecule has 1 aliphatic heterocycles. The van der Waals surface area contributed by atoms with Crippen LogP contribution in [0.4, 0.5) is 5.69 Å². The molecule has 0 aliphatic carbocycles. The molecule has 0 bridgehead atoms. The Kier molecular flexibility index (Phi) is 6.94. The van der Waals surface area contributed by atoms with Crippen molar-refractivity contribution >= 4 is 17.5 Å². The fourth-order valence-electron chi connectivity index (χ4n) is 4.26. The molecule has 1 atom stereocenters. The Labute approximate surface area is 188 Å². The number of aromatic nitrogens is 3. The van der Waals surface area contributed by atoms with Gasteiger partial charge < -0.3 is 14.8 Å². The molecule has 1 unspecified atom stereocenters. The van der Waals surface area contributed by atoms with Crippen molar-refractivity contribution in [2.75, 3.05) is 18.4 Å². The molecule has 0 radical (unpaired) electrons. The highest BCUT2D eigenvalue weighted by Gasteiger charge is 2.25. The number of nitrogens with zero attached hydrogens (tertiary/aromatic N) is 4. The van der Waals surface area contributed by atoms with E-state index in [0.717, 1.165) is 56.0 Å². The lowest BCUT2D eigenvalue weighted by Gasteiger charge is -2.32. The number of anilines is 1. The first-order chi connectivity index (χ1) is 15.6. The summed E-state index contributed by atoms with van der Waals surface area (Å²) < 4.78 is 2.10. The van der Waals surface area contributed by atoms with Crippen molar-refractivity contribution in [3.05, 3.63) is 77.9 Å². The van der Waals surface area contributed by atoms with E-state index in [2.05, 4.69) is 32.2 Å². The standard InChI is InChI=1S/C25H29N5O2/c1-19(31)27-23-11-9-20(10-12-23)15-25(32)29-13-5-8-22(17-29)14-24-28-26-18-30(24)16-21-6-3-2-4-7-21/h2-4,6-7,9-12,18,22H,5,8,13-17H2,1H3,(H,27,31). The van der Waals surface area contributed by atoms with E-state index in [4.69, 9.17) is 0 Å². The van der Waals surface area contributed by atoms with Crippen LogP contribution in [-0.4, -0.2) is 44.6 Å². The van der Waals surface area contributed by atoms with Crippen molar-refractivity contribution < 1.29 is 9.59 Å². The molecule has 2 heterocycles. The van der Waals surface area contributed by atoms with Gasteiger partial charge in [0.05, 0.1) is 13.0 Å². The van der Waals surface area contributed by atoms with Crippen LogP contribution in [0.1, 0.15) is 36.7 Å². The van der Waals surface area contributed by atoms with Crippen molar-refractivity contribution in [1.82, 2.24) is 19.7 Å². The average molecular weight is 432 g/mol. The van der Waals surface area contributed by atoms with Gasteiger partial charge in [-0.2, -0.15) is 0 Å². The van der Waals surface area contributed by atoms with Crippen LogP contribution in [0.15, 0.2) is 60.9 Å². The minimum Gasteiger partial charge on any atom is -0.342 e. The maximum atomic E-state index is 12.9. The highest BCUT2D eigenvalue weighted by atomic mass is 16.2. The quantitative estimate of drug-likeness (QED) is 0.622. The average Bonchev–Trinajstić information content (AvgIpc) is 3.22. The van der Waals surface area contributed by atoms with E-state index in [1.165, 1.54) is 12.5 Å². The predicted octanol–water partition coefficient (Wildman–Crippen LogP) is 3.31. The third kappa shape index (κ3) is 5.81. The maximum Gasteiger partial charge on any atom is 0.226 e. The van der Waals surface area contributed by atoms with Crippen molar-refractivity contribution in [3.8, 4) is 0 Å². The van der Waals surface area contributed by atoms with Crippen LogP contribution in [0.5, 0.6) is 0 Å². The molecule has 0 spiro atoms. The fourth-order valence-corrected chi connectivity index (χ4v) is 4.26. The molecule has 7 heteroatoms. The molecule has 7 nitrogen and oxygen atoms in total. The Bertz CT molecular complexity index is 1050. The van der Waals surface area contributed by atoms with Crippen LogP contribution in [-0.2, 0) is 29.0 Å². The number of likely N-dealkylation sites (tertiary alicyclic amines) is 1. The number of carbonyl (C=O) groups excluding carboxylic acids is 2. The first-order valence-corrected chi connectivity index (χ1v) is 11.1. The Balaban J connectivity index is 1.33. The molecule has 1 aliphatic rings. The van der Waals surface area contributed by atoms with Crippen LogP contribution >= 0.6 is 0 Å². The lowest BCUT2D eigenvalue weighted by atomic mass is 9.94. The zero-order valence-electron chi connectivity index (χ0n) is 18.4. The van der Waals surface area contributed by atoms with E-state index in [1.807, 2.05) is 47.4 Å². The largest absolute Gasteiger partial charge is 0.342 e. The zero-order valence-corrected chi connectivity index (χ0v) is 18.4. The van der Waals surface area contributed by atoms with E-state index < -0.39 is 0 Å². The second-order valence-corrected chi connectivity index (χ2v) is 8.47. The van der Waals surface area contributed by atoms with Gasteiger partial charge in [-0.15, -0.1) is 10.2 Å². The van der Waals surface area contributed by atoms with E-state index >= 15 is 0 Å². The van der Waals surface area contributed by atoms with E-state index in [1.54, 1.807) is 6.33 Å². The van der Waals surface area contributed by atoms with Gasteiger partial charge in [0.25, 0.3) is 0 Å². The van der Waals surface area contributed by atoms with Crippen LogP contribution in [0.2, 0.25) is 0 Å².